The van der Waals surface area contributed by atoms with Crippen LogP contribution in [0.25, 0.3) is 0 Å². The molecular formula is C9H15N5O3. The summed E-state index contributed by atoms with van der Waals surface area (Å²) in [6, 6.07) is 0. The van der Waals surface area contributed by atoms with Crippen molar-refractivity contribution < 1.29 is 14.7 Å². The summed E-state index contributed by atoms with van der Waals surface area (Å²) in [5, 5.41) is 14.6. The van der Waals surface area contributed by atoms with Crippen molar-refractivity contribution in [1.82, 2.24) is 20.1 Å². The van der Waals surface area contributed by atoms with Gasteiger partial charge in [0.25, 0.3) is 5.91 Å². The van der Waals surface area contributed by atoms with Crippen LogP contribution in [-0.2, 0) is 4.79 Å². The van der Waals surface area contributed by atoms with Gasteiger partial charge in [-0.25, -0.2) is 0 Å². The molecular weight excluding hydrogens is 226 g/mol. The van der Waals surface area contributed by atoms with Crippen LogP contribution in [0.4, 0.5) is 5.95 Å². The normalized spacial score (nSPS) is 10.5. The van der Waals surface area contributed by atoms with Gasteiger partial charge in [0.15, 0.2) is 0 Å². The van der Waals surface area contributed by atoms with E-state index in [0.717, 1.165) is 0 Å². The molecule has 94 valence electrons. The second kappa shape index (κ2) is 5.28. The van der Waals surface area contributed by atoms with Crippen molar-refractivity contribution in [2.75, 3.05) is 18.8 Å². The second-order valence-corrected chi connectivity index (χ2v) is 4.02. The number of hydrogen-bond acceptors (Lipinski definition) is 5. The van der Waals surface area contributed by atoms with Crippen LogP contribution in [0.5, 0.6) is 0 Å². The lowest BCUT2D eigenvalue weighted by Gasteiger charge is -2.21. The van der Waals surface area contributed by atoms with Crippen LogP contribution in [0, 0.1) is 5.92 Å². The number of hydrogen-bond donors (Lipinski definition) is 3. The number of H-pyrrole nitrogens is 1. The number of nitrogens with one attached hydrogen (secondary N) is 1. The summed E-state index contributed by atoms with van der Waals surface area (Å²) in [5.41, 5.74) is 5.28. The number of nitrogen functional groups attached to an aromatic ring is 1. The summed E-state index contributed by atoms with van der Waals surface area (Å²) < 4.78 is 0. The van der Waals surface area contributed by atoms with Crippen molar-refractivity contribution in [3.8, 4) is 0 Å². The third kappa shape index (κ3) is 3.74. The maximum atomic E-state index is 11.9. The van der Waals surface area contributed by atoms with Gasteiger partial charge in [-0.05, 0) is 5.92 Å². The molecule has 0 aliphatic heterocycles. The van der Waals surface area contributed by atoms with E-state index >= 15 is 0 Å². The van der Waals surface area contributed by atoms with Crippen molar-refractivity contribution in [3.05, 3.63) is 5.82 Å². The number of nitrogens with zero attached hydrogens (tertiary/aromatic N) is 3. The van der Waals surface area contributed by atoms with Gasteiger partial charge < -0.3 is 15.7 Å². The predicted molar refractivity (Wildman–Crippen MR) is 59.2 cm³/mol. The van der Waals surface area contributed by atoms with E-state index in [4.69, 9.17) is 10.8 Å². The highest BCUT2D eigenvalue weighted by Crippen LogP contribution is 2.04. The number of carboxylic acid groups (broad SMARTS) is 1. The van der Waals surface area contributed by atoms with Gasteiger partial charge >= 0.3 is 5.97 Å². The summed E-state index contributed by atoms with van der Waals surface area (Å²) in [4.78, 5) is 27.4. The maximum absolute atomic E-state index is 11.9. The lowest BCUT2D eigenvalue weighted by Crippen LogP contribution is -2.38. The van der Waals surface area contributed by atoms with Gasteiger partial charge in [0, 0.05) is 6.54 Å². The van der Waals surface area contributed by atoms with Crippen LogP contribution in [0.15, 0.2) is 0 Å². The Morgan fingerprint density at radius 1 is 1.53 bits per heavy atom. The highest BCUT2D eigenvalue weighted by molar-refractivity contribution is 5.92. The first-order chi connectivity index (χ1) is 7.90. The van der Waals surface area contributed by atoms with Crippen molar-refractivity contribution in [3.63, 3.8) is 0 Å². The van der Waals surface area contributed by atoms with Crippen LogP contribution >= 0.6 is 0 Å². The van der Waals surface area contributed by atoms with Crippen LogP contribution in [0.3, 0.4) is 0 Å². The highest BCUT2D eigenvalue weighted by Gasteiger charge is 2.22. The third-order valence-corrected chi connectivity index (χ3v) is 1.90. The van der Waals surface area contributed by atoms with Crippen LogP contribution in [0.2, 0.25) is 0 Å². The number of aromatic nitrogens is 3. The highest BCUT2D eigenvalue weighted by atomic mass is 16.4. The molecule has 0 saturated heterocycles. The first-order valence-corrected chi connectivity index (χ1v) is 5.09. The van der Waals surface area contributed by atoms with Gasteiger partial charge in [-0.1, -0.05) is 13.8 Å². The van der Waals surface area contributed by atoms with Crippen LogP contribution in [-0.4, -0.2) is 50.2 Å². The van der Waals surface area contributed by atoms with Crippen molar-refractivity contribution in [1.29, 1.82) is 0 Å². The second-order valence-electron chi connectivity index (χ2n) is 4.02. The molecule has 0 fully saturated rings. The lowest BCUT2D eigenvalue weighted by atomic mass is 10.2. The Labute approximate surface area is 97.8 Å². The molecule has 0 atom stereocenters. The first-order valence-electron chi connectivity index (χ1n) is 5.09. The average molecular weight is 241 g/mol. The minimum Gasteiger partial charge on any atom is -0.480 e. The summed E-state index contributed by atoms with van der Waals surface area (Å²) in [6.45, 7) is 3.72. The Hall–Kier alpha value is -2.12. The van der Waals surface area contributed by atoms with E-state index in [1.165, 1.54) is 4.90 Å². The van der Waals surface area contributed by atoms with Gasteiger partial charge in [-0.2, -0.15) is 4.98 Å². The van der Waals surface area contributed by atoms with E-state index in [1.807, 2.05) is 13.8 Å². The number of rotatable bonds is 5. The van der Waals surface area contributed by atoms with Crippen LogP contribution < -0.4 is 5.73 Å². The molecule has 4 N–H and O–H groups in total. The molecule has 1 heterocycles. The number of anilines is 1. The summed E-state index contributed by atoms with van der Waals surface area (Å²) >= 11 is 0. The standard InChI is InChI=1S/C9H15N5O3/c1-5(2)3-14(4-6(15)16)8(17)7-11-9(10)13-12-7/h5H,3-4H2,1-2H3,(H,15,16)(H3,10,11,12,13). The monoisotopic (exact) mass is 241 g/mol. The number of carbonyl (C=O) groups is 2. The van der Waals surface area contributed by atoms with Gasteiger partial charge in [-0.15, -0.1) is 5.10 Å². The maximum Gasteiger partial charge on any atom is 0.323 e. The molecule has 0 unspecified atom stereocenters. The molecule has 1 aromatic heterocycles. The van der Waals surface area contributed by atoms with Crippen molar-refractivity contribution >= 4 is 17.8 Å². The summed E-state index contributed by atoms with van der Waals surface area (Å²) in [7, 11) is 0. The van der Waals surface area contributed by atoms with Gasteiger partial charge in [0.1, 0.15) is 6.54 Å². The van der Waals surface area contributed by atoms with Gasteiger partial charge in [0.05, 0.1) is 0 Å². The van der Waals surface area contributed by atoms with Gasteiger partial charge in [0.2, 0.25) is 11.8 Å². The van der Waals surface area contributed by atoms with Crippen molar-refractivity contribution in [2.45, 2.75) is 13.8 Å². The fraction of sp³-hybridized carbons (Fsp3) is 0.556. The molecule has 0 radical (unpaired) electrons. The van der Waals surface area contributed by atoms with Gasteiger partial charge in [-0.3, -0.25) is 14.7 Å². The van der Waals surface area contributed by atoms with E-state index in [9.17, 15) is 9.59 Å². The van der Waals surface area contributed by atoms with Crippen molar-refractivity contribution in [2.24, 2.45) is 5.92 Å². The topological polar surface area (TPSA) is 125 Å². The van der Waals surface area contributed by atoms with E-state index in [0.29, 0.717) is 6.54 Å². The fourth-order valence-corrected chi connectivity index (χ4v) is 1.34. The molecule has 1 rings (SSSR count). The SMILES string of the molecule is CC(C)CN(CC(=O)O)C(=O)c1nc(N)n[nH]1. The minimum absolute atomic E-state index is 0.0480. The Morgan fingerprint density at radius 3 is 2.59 bits per heavy atom. The summed E-state index contributed by atoms with van der Waals surface area (Å²) in [6.07, 6.45) is 0. The molecule has 0 saturated carbocycles. The fourth-order valence-electron chi connectivity index (χ4n) is 1.34. The Kier molecular flexibility index (Phi) is 4.02. The quantitative estimate of drug-likeness (QED) is 0.642. The molecule has 8 heteroatoms. The molecule has 0 aromatic carbocycles. The molecule has 8 nitrogen and oxygen atoms in total. The number of aromatic amines is 1. The molecule has 1 aromatic rings. The lowest BCUT2D eigenvalue weighted by molar-refractivity contribution is -0.137. The number of aliphatic carboxylic acids is 1. The van der Waals surface area contributed by atoms with E-state index in [-0.39, 0.29) is 24.2 Å². The molecule has 0 spiro atoms. The predicted octanol–water partition coefficient (Wildman–Crippen LogP) is -0.430. The minimum atomic E-state index is -1.08. The smallest absolute Gasteiger partial charge is 0.323 e. The number of carboxylic acids is 1. The molecule has 0 aliphatic carbocycles. The zero-order valence-corrected chi connectivity index (χ0v) is 9.67. The zero-order chi connectivity index (χ0) is 13.0. The van der Waals surface area contributed by atoms with E-state index in [1.54, 1.807) is 0 Å². The molecule has 0 bridgehead atoms. The largest absolute Gasteiger partial charge is 0.480 e. The third-order valence-electron chi connectivity index (χ3n) is 1.90. The first kappa shape index (κ1) is 12.9. The Balaban J connectivity index is 2.82. The molecule has 17 heavy (non-hydrogen) atoms. The van der Waals surface area contributed by atoms with Crippen LogP contribution in [0.1, 0.15) is 24.5 Å². The zero-order valence-electron chi connectivity index (χ0n) is 9.67. The summed E-state index contributed by atoms with van der Waals surface area (Å²) in [5.74, 6) is -1.55. The average Bonchev–Trinajstić information content (AvgIpc) is 2.61. The molecule has 0 aliphatic rings. The van der Waals surface area contributed by atoms with E-state index in [2.05, 4.69) is 15.2 Å². The number of carbonyl (C=O) groups excluding carboxylic acids is 1. The number of amides is 1. The number of nitrogens with two attached hydrogens (primary N) is 1. The Bertz CT molecular complexity index is 415. The Morgan fingerprint density at radius 2 is 2.18 bits per heavy atom. The van der Waals surface area contributed by atoms with E-state index < -0.39 is 11.9 Å². The molecule has 1 amide bonds.